The van der Waals surface area contributed by atoms with Crippen LogP contribution < -0.4 is 0 Å². The average molecular weight is 486 g/mol. The van der Waals surface area contributed by atoms with E-state index in [1.807, 2.05) is 13.0 Å². The van der Waals surface area contributed by atoms with Gasteiger partial charge in [-0.15, -0.1) is 0 Å². The molecule has 0 saturated heterocycles. The second-order valence-electron chi connectivity index (χ2n) is 7.48. The molecule has 8 nitrogen and oxygen atoms in total. The minimum absolute atomic E-state index is 0.114. The van der Waals surface area contributed by atoms with Gasteiger partial charge in [-0.05, 0) is 39.0 Å². The number of aromatic amines is 1. The molecule has 9 heteroatoms. The molecule has 0 atom stereocenters. The van der Waals surface area contributed by atoms with E-state index in [0.717, 1.165) is 12.5 Å². The number of ketones is 1. The minimum atomic E-state index is -2.68. The lowest BCUT2D eigenvalue weighted by Gasteiger charge is -2.29. The van der Waals surface area contributed by atoms with E-state index < -0.39 is 29.3 Å². The number of carbonyl (C=O) groups excluding carboxylic acids is 4. The van der Waals surface area contributed by atoms with Gasteiger partial charge >= 0.3 is 23.5 Å². The lowest BCUT2D eigenvalue weighted by Crippen LogP contribution is -2.50. The third-order valence-corrected chi connectivity index (χ3v) is 5.28. The Hall–Kier alpha value is -3.65. The molecule has 0 radical (unpaired) electrons. The van der Waals surface area contributed by atoms with Crippen molar-refractivity contribution in [1.29, 1.82) is 0 Å². The van der Waals surface area contributed by atoms with Crippen LogP contribution in [0.3, 0.4) is 0 Å². The summed E-state index contributed by atoms with van der Waals surface area (Å²) < 4.78 is 15.7. The van der Waals surface area contributed by atoms with Crippen molar-refractivity contribution in [1.82, 2.24) is 4.98 Å². The van der Waals surface area contributed by atoms with Gasteiger partial charge in [0, 0.05) is 28.4 Å². The number of nitrogens with one attached hydrogen (secondary N) is 1. The van der Waals surface area contributed by atoms with Gasteiger partial charge in [-0.3, -0.25) is 9.59 Å². The number of aryl methyl sites for hydroxylation is 1. The van der Waals surface area contributed by atoms with Crippen LogP contribution in [0.4, 0.5) is 0 Å². The summed E-state index contributed by atoms with van der Waals surface area (Å²) in [7, 11) is 0. The Bertz CT molecular complexity index is 1260. The van der Waals surface area contributed by atoms with Gasteiger partial charge in [0.25, 0.3) is 0 Å². The van der Waals surface area contributed by atoms with Crippen LogP contribution >= 0.6 is 11.6 Å². The zero-order valence-corrected chi connectivity index (χ0v) is 19.9. The number of aromatic nitrogens is 1. The van der Waals surface area contributed by atoms with Gasteiger partial charge in [0.2, 0.25) is 5.78 Å². The fraction of sp³-hybridized carbons (Fsp3) is 0.280. The Balaban J connectivity index is 2.45. The molecule has 178 valence electrons. The van der Waals surface area contributed by atoms with Gasteiger partial charge in [0.15, 0.2) is 0 Å². The van der Waals surface area contributed by atoms with Gasteiger partial charge < -0.3 is 19.2 Å². The van der Waals surface area contributed by atoms with E-state index in [4.69, 9.17) is 25.8 Å². The van der Waals surface area contributed by atoms with Crippen LogP contribution in [-0.4, -0.2) is 41.9 Å². The third-order valence-electron chi connectivity index (χ3n) is 5.04. The summed E-state index contributed by atoms with van der Waals surface area (Å²) in [4.78, 5) is 55.5. The van der Waals surface area contributed by atoms with Gasteiger partial charge in [0.05, 0.1) is 24.5 Å². The number of benzene rings is 2. The Morgan fingerprint density at radius 3 is 2.18 bits per heavy atom. The lowest BCUT2D eigenvalue weighted by atomic mass is 9.88. The molecule has 0 bridgehead atoms. The molecule has 1 heterocycles. The highest BCUT2D eigenvalue weighted by Crippen LogP contribution is 2.39. The average Bonchev–Trinajstić information content (AvgIpc) is 3.15. The smallest absolute Gasteiger partial charge is 0.367 e. The maximum Gasteiger partial charge on any atom is 0.367 e. The predicted octanol–water partition coefficient (Wildman–Crippen LogP) is 4.25. The number of fused-ring (bicyclic) bond motifs is 1. The molecule has 0 aliphatic rings. The van der Waals surface area contributed by atoms with Gasteiger partial charge in [-0.25, -0.2) is 9.59 Å². The first kappa shape index (κ1) is 25.0. The fourth-order valence-electron chi connectivity index (χ4n) is 3.74. The number of carbonyl (C=O) groups is 4. The molecule has 2 aromatic carbocycles. The maximum atomic E-state index is 13.7. The summed E-state index contributed by atoms with van der Waals surface area (Å²) in [5, 5.41) is 0.614. The monoisotopic (exact) mass is 485 g/mol. The molecule has 1 N–H and O–H groups in total. The minimum Gasteiger partial charge on any atom is -0.462 e. The Morgan fingerprint density at radius 2 is 1.62 bits per heavy atom. The number of hydrogen-bond donors (Lipinski definition) is 1. The zero-order valence-electron chi connectivity index (χ0n) is 19.2. The number of ether oxygens (including phenoxy) is 3. The van der Waals surface area contributed by atoms with Crippen molar-refractivity contribution < 1.29 is 33.4 Å². The Kier molecular flexibility index (Phi) is 7.41. The summed E-state index contributed by atoms with van der Waals surface area (Å²) in [5.74, 6) is -3.84. The van der Waals surface area contributed by atoms with Crippen molar-refractivity contribution in [2.75, 3.05) is 13.2 Å². The van der Waals surface area contributed by atoms with Crippen LogP contribution in [0.2, 0.25) is 5.02 Å². The highest BCUT2D eigenvalue weighted by Gasteiger charge is 2.57. The van der Waals surface area contributed by atoms with Crippen molar-refractivity contribution in [3.05, 3.63) is 69.9 Å². The first-order valence-electron chi connectivity index (χ1n) is 10.6. The van der Waals surface area contributed by atoms with Crippen LogP contribution in [0, 0.1) is 6.92 Å². The molecule has 0 saturated carbocycles. The van der Waals surface area contributed by atoms with Crippen LogP contribution in [0.15, 0.2) is 42.5 Å². The normalized spacial score (nSPS) is 11.2. The van der Waals surface area contributed by atoms with Gasteiger partial charge in [0.1, 0.15) is 0 Å². The molecule has 34 heavy (non-hydrogen) atoms. The summed E-state index contributed by atoms with van der Waals surface area (Å²) in [6, 6.07) is 11.4. The summed E-state index contributed by atoms with van der Waals surface area (Å²) in [6.45, 7) is 5.71. The number of esters is 3. The number of rotatable bonds is 8. The van der Waals surface area contributed by atoms with Crippen molar-refractivity contribution in [3.8, 4) is 0 Å². The second kappa shape index (κ2) is 10.1. The van der Waals surface area contributed by atoms with E-state index in [1.54, 1.807) is 18.2 Å². The van der Waals surface area contributed by atoms with E-state index in [-0.39, 0.29) is 29.9 Å². The van der Waals surface area contributed by atoms with Crippen molar-refractivity contribution >= 4 is 46.2 Å². The van der Waals surface area contributed by atoms with E-state index in [2.05, 4.69) is 4.98 Å². The highest BCUT2D eigenvalue weighted by atomic mass is 35.5. The third kappa shape index (κ3) is 4.54. The van der Waals surface area contributed by atoms with Crippen molar-refractivity contribution in [2.45, 2.75) is 33.3 Å². The first-order chi connectivity index (χ1) is 16.1. The predicted molar refractivity (Wildman–Crippen MR) is 125 cm³/mol. The lowest BCUT2D eigenvalue weighted by molar-refractivity contribution is -0.197. The highest BCUT2D eigenvalue weighted by molar-refractivity contribution is 6.31. The van der Waals surface area contributed by atoms with Crippen molar-refractivity contribution in [3.63, 3.8) is 0 Å². The van der Waals surface area contributed by atoms with E-state index >= 15 is 0 Å². The molecule has 1 aromatic heterocycles. The Morgan fingerprint density at radius 1 is 0.971 bits per heavy atom. The SMILES string of the molecule is CCOC(=O)C(OC(C)=O)(C(=O)OCC)c1c(C(=O)c2cccc(C)c2)[nH]c2cc(Cl)ccc12. The molecular weight excluding hydrogens is 462 g/mol. The quantitative estimate of drug-likeness (QED) is 0.220. The van der Waals surface area contributed by atoms with Crippen LogP contribution in [0.1, 0.15) is 48.0 Å². The standard InChI is InChI=1S/C25H24ClNO7/c1-5-32-23(30)25(34-15(4)28,24(31)33-6-2)20-18-11-10-17(26)13-19(18)27-21(20)22(29)16-9-7-8-14(3)12-16/h7-13,27H,5-6H2,1-4H3. The molecule has 0 aliphatic carbocycles. The number of hydrogen-bond acceptors (Lipinski definition) is 7. The van der Waals surface area contributed by atoms with Crippen LogP contribution in [0.5, 0.6) is 0 Å². The van der Waals surface area contributed by atoms with E-state index in [1.165, 1.54) is 32.0 Å². The second-order valence-corrected chi connectivity index (χ2v) is 7.92. The Labute approximate surface area is 201 Å². The molecule has 3 rings (SSSR count). The fourth-order valence-corrected chi connectivity index (χ4v) is 3.91. The topological polar surface area (TPSA) is 112 Å². The first-order valence-corrected chi connectivity index (χ1v) is 11.0. The largest absolute Gasteiger partial charge is 0.462 e. The van der Waals surface area contributed by atoms with Gasteiger partial charge in [-0.2, -0.15) is 0 Å². The van der Waals surface area contributed by atoms with Crippen LogP contribution in [-0.2, 0) is 34.2 Å². The molecular formula is C25H24ClNO7. The summed E-state index contributed by atoms with van der Waals surface area (Å²) >= 11 is 6.15. The number of H-pyrrole nitrogens is 1. The van der Waals surface area contributed by atoms with E-state index in [9.17, 15) is 19.2 Å². The molecule has 0 aliphatic heterocycles. The summed E-state index contributed by atoms with van der Waals surface area (Å²) in [5.41, 5.74) is -1.53. The molecule has 0 spiro atoms. The van der Waals surface area contributed by atoms with Gasteiger partial charge in [-0.1, -0.05) is 41.4 Å². The van der Waals surface area contributed by atoms with Crippen molar-refractivity contribution in [2.24, 2.45) is 0 Å². The van der Waals surface area contributed by atoms with Crippen LogP contribution in [0.25, 0.3) is 10.9 Å². The zero-order chi connectivity index (χ0) is 25.0. The molecule has 0 amide bonds. The summed E-state index contributed by atoms with van der Waals surface area (Å²) in [6.07, 6.45) is 0. The molecule has 0 unspecified atom stereocenters. The maximum absolute atomic E-state index is 13.7. The number of halogens is 1. The van der Waals surface area contributed by atoms with E-state index in [0.29, 0.717) is 16.1 Å². The molecule has 0 fully saturated rings. The molecule has 3 aromatic rings.